The van der Waals surface area contributed by atoms with E-state index < -0.39 is 41.6 Å². The molecule has 1 fully saturated rings. The van der Waals surface area contributed by atoms with Crippen molar-refractivity contribution in [2.24, 2.45) is 11.3 Å². The lowest BCUT2D eigenvalue weighted by atomic mass is 9.77. The lowest BCUT2D eigenvalue weighted by molar-refractivity contribution is -0.142. The van der Waals surface area contributed by atoms with Gasteiger partial charge in [0.05, 0.1) is 18.3 Å². The van der Waals surface area contributed by atoms with Crippen LogP contribution in [0.2, 0.25) is 0 Å². The molecule has 3 aromatic rings. The number of hydrogen-bond acceptors (Lipinski definition) is 7. The number of Topliss-reactive ketones (excluding diaryl/α,β-unsaturated/α-hetero) is 2. The summed E-state index contributed by atoms with van der Waals surface area (Å²) in [5, 5.41) is 12.9. The minimum absolute atomic E-state index is 0.150. The Morgan fingerprint density at radius 1 is 1.08 bits per heavy atom. The van der Waals surface area contributed by atoms with Gasteiger partial charge in [-0.3, -0.25) is 24.3 Å². The highest BCUT2D eigenvalue weighted by atomic mass is 32.1. The first kappa shape index (κ1) is 25.4. The summed E-state index contributed by atoms with van der Waals surface area (Å²) in [5.41, 5.74) is 2.42. The summed E-state index contributed by atoms with van der Waals surface area (Å²) in [5.74, 6) is -4.27. The van der Waals surface area contributed by atoms with Crippen LogP contribution in [-0.4, -0.2) is 40.1 Å². The van der Waals surface area contributed by atoms with Crippen LogP contribution in [0.25, 0.3) is 11.1 Å². The van der Waals surface area contributed by atoms with Crippen LogP contribution in [0, 0.1) is 11.3 Å². The Morgan fingerprint density at radius 2 is 1.81 bits per heavy atom. The van der Waals surface area contributed by atoms with Crippen LogP contribution in [0.15, 0.2) is 59.4 Å². The second-order valence-electron chi connectivity index (χ2n) is 9.56. The summed E-state index contributed by atoms with van der Waals surface area (Å²) in [6.07, 6.45) is 1.52. The fourth-order valence-electron chi connectivity index (χ4n) is 4.31. The van der Waals surface area contributed by atoms with Crippen LogP contribution in [0.1, 0.15) is 38.1 Å². The van der Waals surface area contributed by atoms with E-state index in [-0.39, 0.29) is 12.4 Å². The molecule has 0 radical (unpaired) electrons. The van der Waals surface area contributed by atoms with E-state index in [1.807, 2.05) is 29.0 Å². The van der Waals surface area contributed by atoms with Crippen LogP contribution in [0.3, 0.4) is 0 Å². The SMILES string of the molecule is CC(C)(C)C(=O)C1C(=O)C(=O)N(c2ccc(-c3ccsc3)cc2)C1c1cccnc1COCC(=O)O. The van der Waals surface area contributed by atoms with Gasteiger partial charge in [0.25, 0.3) is 5.91 Å². The summed E-state index contributed by atoms with van der Waals surface area (Å²) >= 11 is 1.58. The molecule has 1 amide bonds. The van der Waals surface area contributed by atoms with Crippen LogP contribution in [-0.2, 0) is 30.5 Å². The van der Waals surface area contributed by atoms with Gasteiger partial charge in [0.2, 0.25) is 5.78 Å². The fourth-order valence-corrected chi connectivity index (χ4v) is 4.98. The van der Waals surface area contributed by atoms with E-state index in [1.54, 1.807) is 56.4 Å². The second-order valence-corrected chi connectivity index (χ2v) is 10.3. The lowest BCUT2D eigenvalue weighted by Crippen LogP contribution is -2.36. The van der Waals surface area contributed by atoms with E-state index in [2.05, 4.69) is 4.98 Å². The molecule has 2 unspecified atom stereocenters. The topological polar surface area (TPSA) is 114 Å². The minimum atomic E-state index is -1.24. The minimum Gasteiger partial charge on any atom is -0.480 e. The molecule has 2 aromatic heterocycles. The van der Waals surface area contributed by atoms with E-state index in [9.17, 15) is 19.2 Å². The van der Waals surface area contributed by atoms with E-state index >= 15 is 0 Å². The average molecular weight is 507 g/mol. The number of pyridine rings is 1. The van der Waals surface area contributed by atoms with Crippen molar-refractivity contribution in [2.75, 3.05) is 11.5 Å². The first-order chi connectivity index (χ1) is 17.1. The molecule has 0 aliphatic carbocycles. The molecule has 0 spiro atoms. The molecule has 1 aliphatic rings. The van der Waals surface area contributed by atoms with Crippen molar-refractivity contribution in [3.05, 3.63) is 70.7 Å². The summed E-state index contributed by atoms with van der Waals surface area (Å²) in [6, 6.07) is 11.6. The number of carboxylic acid groups (broad SMARTS) is 1. The van der Waals surface area contributed by atoms with Gasteiger partial charge in [0.1, 0.15) is 12.5 Å². The summed E-state index contributed by atoms with van der Waals surface area (Å²) in [7, 11) is 0. The summed E-state index contributed by atoms with van der Waals surface area (Å²) in [6.45, 7) is 4.45. The number of hydrogen-bond donors (Lipinski definition) is 1. The van der Waals surface area contributed by atoms with Crippen molar-refractivity contribution in [2.45, 2.75) is 33.4 Å². The Bertz CT molecular complexity index is 1290. The predicted octanol–water partition coefficient (Wildman–Crippen LogP) is 4.30. The van der Waals surface area contributed by atoms with Gasteiger partial charge in [0.15, 0.2) is 5.78 Å². The smallest absolute Gasteiger partial charge is 0.329 e. The van der Waals surface area contributed by atoms with Crippen molar-refractivity contribution in [1.29, 1.82) is 0 Å². The standard InChI is InChI=1S/C27H26N2O6S/c1-27(2,3)25(33)22-23(19-5-4-11-28-20(19)13-35-14-21(30)31)29(26(34)24(22)32)18-8-6-16(7-9-18)17-10-12-36-15-17/h4-12,15,22-23H,13-14H2,1-3H3,(H,30,31). The molecule has 1 aliphatic heterocycles. The van der Waals surface area contributed by atoms with Crippen molar-refractivity contribution in [1.82, 2.24) is 4.98 Å². The second kappa shape index (κ2) is 10.1. The van der Waals surface area contributed by atoms with Crippen LogP contribution < -0.4 is 4.90 Å². The molecule has 8 nitrogen and oxygen atoms in total. The molecule has 1 saturated heterocycles. The van der Waals surface area contributed by atoms with Gasteiger partial charge < -0.3 is 9.84 Å². The maximum absolute atomic E-state index is 13.5. The third-order valence-corrected chi connectivity index (χ3v) is 6.72. The average Bonchev–Trinajstić information content (AvgIpc) is 3.46. The van der Waals surface area contributed by atoms with E-state index in [0.717, 1.165) is 11.1 Å². The zero-order chi connectivity index (χ0) is 26.0. The third-order valence-electron chi connectivity index (χ3n) is 6.04. The highest BCUT2D eigenvalue weighted by Crippen LogP contribution is 2.44. The van der Waals surface area contributed by atoms with Gasteiger partial charge in [-0.15, -0.1) is 0 Å². The molecule has 4 rings (SSSR count). The summed E-state index contributed by atoms with van der Waals surface area (Å²) in [4.78, 5) is 56.7. The number of rotatable bonds is 8. The number of aliphatic carboxylic acids is 1. The maximum Gasteiger partial charge on any atom is 0.329 e. The van der Waals surface area contributed by atoms with E-state index in [4.69, 9.17) is 9.84 Å². The van der Waals surface area contributed by atoms with Crippen molar-refractivity contribution in [3.8, 4) is 11.1 Å². The van der Waals surface area contributed by atoms with Gasteiger partial charge in [-0.05, 0) is 46.2 Å². The number of carboxylic acids is 1. The number of thiophene rings is 1. The largest absolute Gasteiger partial charge is 0.480 e. The summed E-state index contributed by atoms with van der Waals surface area (Å²) < 4.78 is 5.26. The van der Waals surface area contributed by atoms with Gasteiger partial charge in [-0.2, -0.15) is 11.3 Å². The van der Waals surface area contributed by atoms with Crippen LogP contribution >= 0.6 is 11.3 Å². The van der Waals surface area contributed by atoms with Crippen molar-refractivity contribution >= 4 is 40.5 Å². The number of carbonyl (C=O) groups excluding carboxylic acids is 3. The number of ether oxygens (including phenoxy) is 1. The Hall–Kier alpha value is -3.69. The molecule has 0 saturated carbocycles. The molecular formula is C27H26N2O6S. The number of ketones is 2. The first-order valence-electron chi connectivity index (χ1n) is 11.4. The molecular weight excluding hydrogens is 480 g/mol. The lowest BCUT2D eigenvalue weighted by Gasteiger charge is -2.31. The molecule has 9 heteroatoms. The van der Waals surface area contributed by atoms with Gasteiger partial charge in [0, 0.05) is 22.9 Å². The highest BCUT2D eigenvalue weighted by Gasteiger charge is 2.54. The van der Waals surface area contributed by atoms with Crippen LogP contribution in [0.4, 0.5) is 5.69 Å². The quantitative estimate of drug-likeness (QED) is 0.358. The monoisotopic (exact) mass is 506 g/mol. The van der Waals surface area contributed by atoms with Crippen molar-refractivity contribution < 1.29 is 29.0 Å². The van der Waals surface area contributed by atoms with Gasteiger partial charge >= 0.3 is 5.97 Å². The Morgan fingerprint density at radius 3 is 2.42 bits per heavy atom. The number of benzene rings is 1. The number of anilines is 1. The fraction of sp³-hybridized carbons (Fsp3) is 0.296. The molecule has 2 atom stereocenters. The Labute approximate surface area is 212 Å². The zero-order valence-corrected chi connectivity index (χ0v) is 21.0. The molecule has 0 bridgehead atoms. The Kier molecular flexibility index (Phi) is 7.14. The molecule has 1 N–H and O–H groups in total. The third kappa shape index (κ3) is 4.98. The normalized spacial score (nSPS) is 18.0. The zero-order valence-electron chi connectivity index (χ0n) is 20.1. The van der Waals surface area contributed by atoms with Gasteiger partial charge in [-0.25, -0.2) is 4.79 Å². The van der Waals surface area contributed by atoms with Crippen LogP contribution in [0.5, 0.6) is 0 Å². The Balaban J connectivity index is 1.80. The predicted molar refractivity (Wildman–Crippen MR) is 134 cm³/mol. The number of amides is 1. The highest BCUT2D eigenvalue weighted by molar-refractivity contribution is 7.08. The molecule has 186 valence electrons. The number of nitrogens with zero attached hydrogens (tertiary/aromatic N) is 2. The van der Waals surface area contributed by atoms with Crippen molar-refractivity contribution in [3.63, 3.8) is 0 Å². The maximum atomic E-state index is 13.5. The molecule has 3 heterocycles. The van der Waals surface area contributed by atoms with E-state index in [1.165, 1.54) is 11.1 Å². The number of aromatic nitrogens is 1. The van der Waals surface area contributed by atoms with Gasteiger partial charge in [-0.1, -0.05) is 39.0 Å². The van der Waals surface area contributed by atoms with E-state index in [0.29, 0.717) is 16.9 Å². The first-order valence-corrected chi connectivity index (χ1v) is 12.3. The number of carbonyl (C=O) groups is 4. The molecule has 36 heavy (non-hydrogen) atoms. The molecule has 1 aromatic carbocycles.